The molecule has 5 heteroatoms. The van der Waals surface area contributed by atoms with E-state index in [2.05, 4.69) is 22.0 Å². The molecule has 3 nitrogen and oxygen atoms in total. The number of anilines is 1. The predicted octanol–water partition coefficient (Wildman–Crippen LogP) is 3.27. The Kier molecular flexibility index (Phi) is 3.81. The average Bonchev–Trinajstić information content (AvgIpc) is 2.87. The van der Waals surface area contributed by atoms with E-state index in [0.29, 0.717) is 22.9 Å². The van der Waals surface area contributed by atoms with Gasteiger partial charge >= 0.3 is 0 Å². The molecule has 2 aromatic rings. The number of benzene rings is 2. The van der Waals surface area contributed by atoms with Gasteiger partial charge in [0, 0.05) is 22.1 Å². The van der Waals surface area contributed by atoms with E-state index >= 15 is 0 Å². The van der Waals surface area contributed by atoms with Crippen molar-refractivity contribution in [3.8, 4) is 5.75 Å². The van der Waals surface area contributed by atoms with Crippen LogP contribution in [0.15, 0.2) is 45.8 Å². The molecule has 0 saturated heterocycles. The van der Waals surface area contributed by atoms with Crippen molar-refractivity contribution < 1.29 is 8.95 Å². The minimum atomic E-state index is -1.17. The van der Waals surface area contributed by atoms with Gasteiger partial charge in [0.2, 0.25) is 0 Å². The highest BCUT2D eigenvalue weighted by Crippen LogP contribution is 2.34. The molecule has 1 aliphatic heterocycles. The average molecular weight is 352 g/mol. The van der Waals surface area contributed by atoms with Gasteiger partial charge in [-0.2, -0.15) is 0 Å². The van der Waals surface area contributed by atoms with Crippen LogP contribution in [-0.2, 0) is 23.0 Å². The lowest BCUT2D eigenvalue weighted by Crippen LogP contribution is -2.02. The van der Waals surface area contributed by atoms with Gasteiger partial charge in [0.1, 0.15) is 5.75 Å². The first-order valence-electron chi connectivity index (χ1n) is 6.32. The van der Waals surface area contributed by atoms with E-state index in [-0.39, 0.29) is 0 Å². The number of rotatable bonds is 3. The number of halogens is 1. The quantitative estimate of drug-likeness (QED) is 0.863. The highest BCUT2D eigenvalue weighted by atomic mass is 79.9. The van der Waals surface area contributed by atoms with Crippen LogP contribution in [0.1, 0.15) is 11.1 Å². The monoisotopic (exact) mass is 351 g/mol. The van der Waals surface area contributed by atoms with Gasteiger partial charge in [-0.05, 0) is 29.8 Å². The number of nitrogens with two attached hydrogens (primary N) is 1. The fourth-order valence-corrected chi connectivity index (χ4v) is 4.13. The van der Waals surface area contributed by atoms with Gasteiger partial charge in [-0.1, -0.05) is 28.1 Å². The molecule has 0 aliphatic carbocycles. The molecule has 3 rings (SSSR count). The van der Waals surface area contributed by atoms with E-state index in [4.69, 9.17) is 10.5 Å². The molecule has 0 spiro atoms. The number of hydrogen-bond acceptors (Lipinski definition) is 3. The molecule has 2 aromatic carbocycles. The number of para-hydroxylation sites is 1. The number of ether oxygens (including phenoxy) is 1. The van der Waals surface area contributed by atoms with Crippen molar-refractivity contribution in [3.63, 3.8) is 0 Å². The molecule has 1 atom stereocenters. The molecule has 2 N–H and O–H groups in total. The molecule has 1 unspecified atom stereocenters. The normalized spacial score (nSPS) is 14.7. The van der Waals surface area contributed by atoms with Crippen LogP contribution in [0.25, 0.3) is 0 Å². The Balaban J connectivity index is 1.93. The van der Waals surface area contributed by atoms with E-state index in [0.717, 1.165) is 22.2 Å². The van der Waals surface area contributed by atoms with Crippen molar-refractivity contribution in [1.82, 2.24) is 0 Å². The summed E-state index contributed by atoms with van der Waals surface area (Å²) in [6.45, 7) is 0.693. The Bertz CT molecular complexity index is 688. The molecule has 1 heterocycles. The van der Waals surface area contributed by atoms with E-state index in [1.807, 2.05) is 24.3 Å². The van der Waals surface area contributed by atoms with Crippen molar-refractivity contribution in [3.05, 3.63) is 52.0 Å². The Morgan fingerprint density at radius 1 is 1.30 bits per heavy atom. The Hall–Kier alpha value is -1.33. The van der Waals surface area contributed by atoms with E-state index in [1.54, 1.807) is 6.07 Å². The number of hydrogen-bond donors (Lipinski definition) is 1. The third kappa shape index (κ3) is 2.60. The maximum absolute atomic E-state index is 12.5. The molecular weight excluding hydrogens is 338 g/mol. The van der Waals surface area contributed by atoms with E-state index in [9.17, 15) is 4.21 Å². The second kappa shape index (κ2) is 5.58. The fraction of sp³-hybridized carbons (Fsp3) is 0.200. The zero-order chi connectivity index (χ0) is 14.1. The van der Waals surface area contributed by atoms with Crippen LogP contribution in [-0.4, -0.2) is 10.8 Å². The fourth-order valence-electron chi connectivity index (χ4n) is 2.36. The van der Waals surface area contributed by atoms with Crippen molar-refractivity contribution in [2.24, 2.45) is 0 Å². The summed E-state index contributed by atoms with van der Waals surface area (Å²) in [7, 11) is -1.17. The van der Waals surface area contributed by atoms with Crippen molar-refractivity contribution >= 4 is 32.4 Å². The van der Waals surface area contributed by atoms with Crippen LogP contribution in [0.4, 0.5) is 5.69 Å². The second-order valence-corrected chi connectivity index (χ2v) is 7.01. The maximum atomic E-state index is 12.5. The Morgan fingerprint density at radius 3 is 2.90 bits per heavy atom. The van der Waals surface area contributed by atoms with Crippen LogP contribution >= 0.6 is 15.9 Å². The standard InChI is InChI=1S/C15H14BrNO2S/c16-12-7-10-5-6-19-15(10)11(8-12)9-20(18)14-4-2-1-3-13(14)17/h1-4,7-8H,5-6,9,17H2. The van der Waals surface area contributed by atoms with Crippen molar-refractivity contribution in [2.45, 2.75) is 17.1 Å². The minimum absolute atomic E-state index is 0.413. The number of nitrogen functional groups attached to an aromatic ring is 1. The SMILES string of the molecule is Nc1ccccc1S(=O)Cc1cc(Br)cc2c1OCC2. The maximum Gasteiger partial charge on any atom is 0.126 e. The highest BCUT2D eigenvalue weighted by Gasteiger charge is 2.19. The van der Waals surface area contributed by atoms with Crippen LogP contribution < -0.4 is 10.5 Å². The van der Waals surface area contributed by atoms with E-state index < -0.39 is 10.8 Å². The van der Waals surface area contributed by atoms with Gasteiger partial charge in [-0.3, -0.25) is 4.21 Å². The first kappa shape index (κ1) is 13.6. The summed E-state index contributed by atoms with van der Waals surface area (Å²) in [5.41, 5.74) is 8.59. The topological polar surface area (TPSA) is 52.3 Å². The summed E-state index contributed by atoms with van der Waals surface area (Å²) in [5, 5.41) is 0. The minimum Gasteiger partial charge on any atom is -0.493 e. The summed E-state index contributed by atoms with van der Waals surface area (Å²) in [5.74, 6) is 1.30. The van der Waals surface area contributed by atoms with Crippen LogP contribution in [0.2, 0.25) is 0 Å². The number of fused-ring (bicyclic) bond motifs is 1. The largest absolute Gasteiger partial charge is 0.493 e. The first-order chi connectivity index (χ1) is 9.65. The van der Waals surface area contributed by atoms with Gasteiger partial charge < -0.3 is 10.5 Å². The lowest BCUT2D eigenvalue weighted by molar-refractivity contribution is 0.354. The van der Waals surface area contributed by atoms with Gasteiger partial charge in [0.05, 0.1) is 28.1 Å². The molecule has 0 radical (unpaired) electrons. The summed E-state index contributed by atoms with van der Waals surface area (Å²) in [6.07, 6.45) is 0.905. The molecule has 20 heavy (non-hydrogen) atoms. The second-order valence-electron chi connectivity index (χ2n) is 4.68. The predicted molar refractivity (Wildman–Crippen MR) is 84.3 cm³/mol. The van der Waals surface area contributed by atoms with Gasteiger partial charge in [0.25, 0.3) is 0 Å². The first-order valence-corrected chi connectivity index (χ1v) is 8.43. The van der Waals surface area contributed by atoms with Crippen LogP contribution in [0, 0.1) is 0 Å². The highest BCUT2D eigenvalue weighted by molar-refractivity contribution is 9.10. The summed E-state index contributed by atoms with van der Waals surface area (Å²) < 4.78 is 19.2. The summed E-state index contributed by atoms with van der Waals surface area (Å²) >= 11 is 3.50. The van der Waals surface area contributed by atoms with Crippen LogP contribution in [0.3, 0.4) is 0 Å². The molecule has 1 aliphatic rings. The van der Waals surface area contributed by atoms with Gasteiger partial charge in [-0.15, -0.1) is 0 Å². The molecule has 0 aromatic heterocycles. The van der Waals surface area contributed by atoms with Crippen molar-refractivity contribution in [1.29, 1.82) is 0 Å². The summed E-state index contributed by atoms with van der Waals surface area (Å²) in [6, 6.07) is 11.3. The molecule has 0 amide bonds. The smallest absolute Gasteiger partial charge is 0.126 e. The third-order valence-corrected chi connectivity index (χ3v) is 5.17. The zero-order valence-electron chi connectivity index (χ0n) is 10.8. The zero-order valence-corrected chi connectivity index (χ0v) is 13.2. The lowest BCUT2D eigenvalue weighted by atomic mass is 10.1. The Morgan fingerprint density at radius 2 is 2.10 bits per heavy atom. The summed E-state index contributed by atoms with van der Waals surface area (Å²) in [4.78, 5) is 0.680. The van der Waals surface area contributed by atoms with Gasteiger partial charge in [0.15, 0.2) is 0 Å². The molecule has 0 fully saturated rings. The van der Waals surface area contributed by atoms with Gasteiger partial charge in [-0.25, -0.2) is 0 Å². The third-order valence-electron chi connectivity index (χ3n) is 3.28. The molecule has 0 bridgehead atoms. The van der Waals surface area contributed by atoms with E-state index in [1.165, 1.54) is 5.56 Å². The van der Waals surface area contributed by atoms with Crippen molar-refractivity contribution in [2.75, 3.05) is 12.3 Å². The molecule has 104 valence electrons. The lowest BCUT2D eigenvalue weighted by Gasteiger charge is -2.10. The molecule has 0 saturated carbocycles. The molecular formula is C15H14BrNO2S. The Labute approximate surface area is 128 Å². The van der Waals surface area contributed by atoms with Crippen LogP contribution in [0.5, 0.6) is 5.75 Å².